The van der Waals surface area contributed by atoms with Crippen molar-refractivity contribution in [1.29, 1.82) is 0 Å². The Morgan fingerprint density at radius 3 is 1.97 bits per heavy atom. The first-order valence-electron chi connectivity index (χ1n) is 13.6. The molecule has 1 aliphatic rings. The van der Waals surface area contributed by atoms with Crippen molar-refractivity contribution in [3.8, 4) is 11.4 Å². The van der Waals surface area contributed by atoms with Crippen LogP contribution in [0.25, 0.3) is 11.4 Å². The zero-order valence-corrected chi connectivity index (χ0v) is 20.7. The van der Waals surface area contributed by atoms with Crippen LogP contribution < -0.4 is 0 Å². The van der Waals surface area contributed by atoms with Gasteiger partial charge in [-0.25, -0.2) is 9.97 Å². The highest BCUT2D eigenvalue weighted by Crippen LogP contribution is 2.37. The predicted molar refractivity (Wildman–Crippen MR) is 136 cm³/mol. The maximum atomic E-state index is 4.82. The number of hydrogen-bond donors (Lipinski definition) is 0. The van der Waals surface area contributed by atoms with E-state index >= 15 is 0 Å². The fourth-order valence-corrected chi connectivity index (χ4v) is 5.13. The van der Waals surface area contributed by atoms with Gasteiger partial charge in [-0.15, -0.1) is 0 Å². The van der Waals surface area contributed by atoms with Crippen molar-refractivity contribution >= 4 is 0 Å². The lowest BCUT2D eigenvalue weighted by molar-refractivity contribution is 0.299. The summed E-state index contributed by atoms with van der Waals surface area (Å²) in [5, 5.41) is 0. The van der Waals surface area contributed by atoms with Crippen molar-refractivity contribution in [2.75, 3.05) is 0 Å². The van der Waals surface area contributed by atoms with Gasteiger partial charge < -0.3 is 0 Å². The van der Waals surface area contributed by atoms with E-state index in [0.29, 0.717) is 5.92 Å². The smallest absolute Gasteiger partial charge is 0.160 e. The van der Waals surface area contributed by atoms with Crippen molar-refractivity contribution in [3.05, 3.63) is 42.0 Å². The Bertz CT molecular complexity index is 730. The minimum absolute atomic E-state index is 0.636. The molecule has 2 heterocycles. The van der Waals surface area contributed by atoms with Gasteiger partial charge >= 0.3 is 0 Å². The lowest BCUT2D eigenvalue weighted by atomic mass is 9.78. The van der Waals surface area contributed by atoms with Gasteiger partial charge in [0, 0.05) is 35.8 Å². The van der Waals surface area contributed by atoms with Crippen LogP contribution in [-0.4, -0.2) is 15.0 Å². The van der Waals surface area contributed by atoms with Gasteiger partial charge in [0.15, 0.2) is 5.82 Å². The highest BCUT2D eigenvalue weighted by molar-refractivity contribution is 5.53. The monoisotopic (exact) mass is 435 g/mol. The average Bonchev–Trinajstić information content (AvgIpc) is 2.85. The van der Waals surface area contributed by atoms with Crippen LogP contribution in [0.2, 0.25) is 0 Å². The Kier molecular flexibility index (Phi) is 11.2. The normalized spacial score (nSPS) is 18.7. The van der Waals surface area contributed by atoms with E-state index in [1.54, 1.807) is 0 Å². The van der Waals surface area contributed by atoms with E-state index in [-0.39, 0.29) is 0 Å². The number of hydrogen-bond acceptors (Lipinski definition) is 3. The third-order valence-corrected chi connectivity index (χ3v) is 7.30. The molecule has 3 nitrogen and oxygen atoms in total. The first-order valence-corrected chi connectivity index (χ1v) is 13.6. The summed E-state index contributed by atoms with van der Waals surface area (Å²) < 4.78 is 0. The molecule has 32 heavy (non-hydrogen) atoms. The molecular weight excluding hydrogens is 390 g/mol. The molecule has 1 fully saturated rings. The van der Waals surface area contributed by atoms with Gasteiger partial charge in [0.2, 0.25) is 0 Å². The van der Waals surface area contributed by atoms with Crippen molar-refractivity contribution < 1.29 is 0 Å². The molecule has 0 atom stereocenters. The number of nitrogens with zero attached hydrogens (tertiary/aromatic N) is 3. The first-order chi connectivity index (χ1) is 15.8. The van der Waals surface area contributed by atoms with Crippen molar-refractivity contribution in [2.45, 2.75) is 122 Å². The summed E-state index contributed by atoms with van der Waals surface area (Å²) in [7, 11) is 0. The second kappa shape index (κ2) is 14.4. The lowest BCUT2D eigenvalue weighted by Crippen LogP contribution is -2.14. The van der Waals surface area contributed by atoms with Gasteiger partial charge in [0.25, 0.3) is 0 Å². The molecule has 3 rings (SSSR count). The molecular formula is C29H45N3. The molecule has 3 heteroatoms. The first kappa shape index (κ1) is 24.9. The van der Waals surface area contributed by atoms with Crippen LogP contribution in [-0.2, 0) is 6.42 Å². The van der Waals surface area contributed by atoms with Gasteiger partial charge in [-0.1, -0.05) is 78.1 Å². The van der Waals surface area contributed by atoms with E-state index in [9.17, 15) is 0 Å². The summed E-state index contributed by atoms with van der Waals surface area (Å²) in [6, 6.07) is 4.39. The Labute approximate surface area is 196 Å². The van der Waals surface area contributed by atoms with Crippen molar-refractivity contribution in [2.24, 2.45) is 5.92 Å². The summed E-state index contributed by atoms with van der Waals surface area (Å²) in [5.41, 5.74) is 3.54. The molecule has 0 saturated heterocycles. The fraction of sp³-hybridized carbons (Fsp3) is 0.690. The number of rotatable bonds is 14. The molecule has 2 aromatic heterocycles. The second-order valence-corrected chi connectivity index (χ2v) is 9.97. The molecule has 0 radical (unpaired) electrons. The van der Waals surface area contributed by atoms with E-state index < -0.39 is 0 Å². The topological polar surface area (TPSA) is 38.7 Å². The third kappa shape index (κ3) is 8.30. The molecule has 0 unspecified atom stereocenters. The van der Waals surface area contributed by atoms with Crippen LogP contribution in [0.3, 0.4) is 0 Å². The van der Waals surface area contributed by atoms with Crippen molar-refractivity contribution in [1.82, 2.24) is 15.0 Å². The Morgan fingerprint density at radius 2 is 1.34 bits per heavy atom. The predicted octanol–water partition coefficient (Wildman–Crippen LogP) is 8.69. The molecule has 2 aromatic rings. The molecule has 0 N–H and O–H groups in total. The van der Waals surface area contributed by atoms with E-state index in [4.69, 9.17) is 4.98 Å². The molecule has 1 aliphatic carbocycles. The number of pyridine rings is 1. The molecule has 1 saturated carbocycles. The highest BCUT2D eigenvalue weighted by Gasteiger charge is 2.23. The van der Waals surface area contributed by atoms with Crippen molar-refractivity contribution in [3.63, 3.8) is 0 Å². The maximum absolute atomic E-state index is 4.82. The quantitative estimate of drug-likeness (QED) is 0.278. The zero-order valence-electron chi connectivity index (χ0n) is 20.7. The molecule has 0 aromatic carbocycles. The molecule has 0 amide bonds. The summed E-state index contributed by atoms with van der Waals surface area (Å²) in [6.45, 7) is 4.55. The standard InChI is InChI=1S/C29H45N3/c1-3-5-7-9-11-13-24-15-17-26(18-16-24)28-20-19-27(23-30-28)29-31-21-25(22-32-29)14-12-10-8-6-4-2/h19-24,26H,3-18H2,1-2H3. The molecule has 0 spiro atoms. The molecule has 0 bridgehead atoms. The SMILES string of the molecule is CCCCCCCc1cnc(-c2ccc(C3CCC(CCCCCCC)CC3)nc2)nc1. The minimum Gasteiger partial charge on any atom is -0.260 e. The number of unbranched alkanes of at least 4 members (excludes halogenated alkanes) is 8. The Morgan fingerprint density at radius 1 is 0.688 bits per heavy atom. The van der Waals surface area contributed by atoms with E-state index in [2.05, 4.69) is 35.9 Å². The van der Waals surface area contributed by atoms with Crippen LogP contribution in [0, 0.1) is 5.92 Å². The summed E-state index contributed by atoms with van der Waals surface area (Å²) in [5.74, 6) is 2.38. The summed E-state index contributed by atoms with van der Waals surface area (Å²) in [4.78, 5) is 14.0. The minimum atomic E-state index is 0.636. The second-order valence-electron chi connectivity index (χ2n) is 9.97. The van der Waals surface area contributed by atoms with Crippen LogP contribution in [0.15, 0.2) is 30.7 Å². The van der Waals surface area contributed by atoms with Gasteiger partial charge in [-0.2, -0.15) is 0 Å². The third-order valence-electron chi connectivity index (χ3n) is 7.30. The van der Waals surface area contributed by atoms with Gasteiger partial charge in [-0.05, 0) is 62.1 Å². The number of aryl methyl sites for hydroxylation is 1. The van der Waals surface area contributed by atoms with Gasteiger partial charge in [0.05, 0.1) is 0 Å². The van der Waals surface area contributed by atoms with Crippen LogP contribution in [0.1, 0.15) is 127 Å². The molecule has 176 valence electrons. The molecule has 0 aliphatic heterocycles. The Hall–Kier alpha value is -1.77. The Balaban J connectivity index is 1.41. The maximum Gasteiger partial charge on any atom is 0.160 e. The largest absolute Gasteiger partial charge is 0.260 e. The van der Waals surface area contributed by atoms with Gasteiger partial charge in [0.1, 0.15) is 0 Å². The lowest BCUT2D eigenvalue weighted by Gasteiger charge is -2.28. The van der Waals surface area contributed by atoms with E-state index in [1.165, 1.54) is 108 Å². The van der Waals surface area contributed by atoms with E-state index in [1.807, 2.05) is 18.6 Å². The summed E-state index contributed by atoms with van der Waals surface area (Å²) in [6.07, 6.45) is 27.4. The highest BCUT2D eigenvalue weighted by atomic mass is 14.9. The van der Waals surface area contributed by atoms with Crippen LogP contribution >= 0.6 is 0 Å². The zero-order chi connectivity index (χ0) is 22.4. The number of aromatic nitrogens is 3. The average molecular weight is 436 g/mol. The summed E-state index contributed by atoms with van der Waals surface area (Å²) >= 11 is 0. The van der Waals surface area contributed by atoms with Crippen LogP contribution in [0.4, 0.5) is 0 Å². The fourth-order valence-electron chi connectivity index (χ4n) is 5.13. The van der Waals surface area contributed by atoms with Gasteiger partial charge in [-0.3, -0.25) is 4.98 Å². The van der Waals surface area contributed by atoms with Crippen LogP contribution in [0.5, 0.6) is 0 Å². The van der Waals surface area contributed by atoms with E-state index in [0.717, 1.165) is 23.7 Å².